The van der Waals surface area contributed by atoms with Crippen LogP contribution in [0.1, 0.15) is 23.2 Å². The molecule has 0 aliphatic carbocycles. The van der Waals surface area contributed by atoms with Crippen LogP contribution in [0.4, 0.5) is 5.69 Å². The van der Waals surface area contributed by atoms with Gasteiger partial charge in [0.25, 0.3) is 0 Å². The van der Waals surface area contributed by atoms with E-state index in [-0.39, 0.29) is 6.61 Å². The highest BCUT2D eigenvalue weighted by Gasteiger charge is 2.09. The van der Waals surface area contributed by atoms with Crippen molar-refractivity contribution in [2.45, 2.75) is 12.8 Å². The van der Waals surface area contributed by atoms with Crippen molar-refractivity contribution in [1.82, 2.24) is 10.4 Å². The first kappa shape index (κ1) is 27.2. The second kappa shape index (κ2) is 14.2. The van der Waals surface area contributed by atoms with Crippen LogP contribution in [0.15, 0.2) is 72.8 Å². The quantitative estimate of drug-likeness (QED) is 0.0757. The Morgan fingerprint density at radius 2 is 1.61 bits per heavy atom. The number of pyridine rings is 1. The Kier molecular flexibility index (Phi) is 10.7. The number of hydrazine groups is 1. The molecule has 188 valence electrons. The summed E-state index contributed by atoms with van der Waals surface area (Å²) in [7, 11) is 1.65. The maximum Gasteiger partial charge on any atom is 0.150 e. The summed E-state index contributed by atoms with van der Waals surface area (Å²) in [5.41, 5.74) is 8.52. The van der Waals surface area contributed by atoms with Crippen LogP contribution >= 0.6 is 11.9 Å². The number of aliphatic hydroxyl groups is 1. The number of fused-ring (bicyclic) bond motifs is 1. The highest BCUT2D eigenvalue weighted by atomic mass is 32.2. The Morgan fingerprint density at radius 3 is 2.22 bits per heavy atom. The number of nitrogens with zero attached hydrogens (tertiary/aromatic N) is 1. The zero-order chi connectivity index (χ0) is 25.8. The Hall–Kier alpha value is -3.43. The van der Waals surface area contributed by atoms with Gasteiger partial charge in [-0.1, -0.05) is 54.4 Å². The molecule has 0 radical (unpaired) electrons. The Morgan fingerprint density at radius 1 is 0.972 bits per heavy atom. The van der Waals surface area contributed by atoms with E-state index in [2.05, 4.69) is 28.1 Å². The zero-order valence-electron chi connectivity index (χ0n) is 20.5. The lowest BCUT2D eigenvalue weighted by Gasteiger charge is -2.10. The van der Waals surface area contributed by atoms with Gasteiger partial charge in [-0.3, -0.25) is 16.1 Å². The van der Waals surface area contributed by atoms with Gasteiger partial charge in [-0.05, 0) is 61.3 Å². The lowest BCUT2D eigenvalue weighted by atomic mass is 10.0. The first-order valence-electron chi connectivity index (χ1n) is 11.6. The number of ether oxygens (including phenoxy) is 1. The van der Waals surface area contributed by atoms with Crippen molar-refractivity contribution in [3.05, 3.63) is 78.4 Å². The van der Waals surface area contributed by atoms with E-state index in [9.17, 15) is 4.79 Å². The van der Waals surface area contributed by atoms with Gasteiger partial charge in [-0.2, -0.15) is 0 Å². The summed E-state index contributed by atoms with van der Waals surface area (Å²) < 4.78 is 8.91. The number of aliphatic hydroxyl groups excluding tert-OH is 1. The maximum absolute atomic E-state index is 11.7. The summed E-state index contributed by atoms with van der Waals surface area (Å²) in [6.45, 7) is 0.796. The third-order valence-corrected chi connectivity index (χ3v) is 5.82. The monoisotopic (exact) mass is 504 g/mol. The first-order valence-corrected chi connectivity index (χ1v) is 12.9. The summed E-state index contributed by atoms with van der Waals surface area (Å²) in [6, 6.07) is 23.9. The number of nitrogens with one attached hydrogen (secondary N) is 2. The lowest BCUT2D eigenvalue weighted by molar-refractivity contribution is 0.112. The zero-order valence-corrected chi connectivity index (χ0v) is 21.3. The minimum atomic E-state index is 0.194. The predicted octanol–water partition coefficient (Wildman–Crippen LogP) is 5.30. The number of hydrogen-bond acceptors (Lipinski definition) is 8. The first-order chi connectivity index (χ1) is 17.6. The number of nitrogens with two attached hydrogens (primary N) is 1. The molecule has 36 heavy (non-hydrogen) atoms. The summed E-state index contributed by atoms with van der Waals surface area (Å²) >= 11 is 1.52. The molecule has 4 rings (SSSR count). The average Bonchev–Trinajstić information content (AvgIpc) is 2.91. The topological polar surface area (TPSA) is 110 Å². The van der Waals surface area contributed by atoms with Crippen molar-refractivity contribution in [2.24, 2.45) is 5.84 Å². The molecule has 0 saturated carbocycles. The van der Waals surface area contributed by atoms with Gasteiger partial charge in [0.2, 0.25) is 0 Å². The molecule has 0 aliphatic rings. The van der Waals surface area contributed by atoms with Gasteiger partial charge in [-0.15, -0.1) is 0 Å². The van der Waals surface area contributed by atoms with Gasteiger partial charge < -0.3 is 14.6 Å². The number of carbonyl (C=O) groups excluding carboxylic acids is 1. The molecule has 8 heteroatoms. The van der Waals surface area contributed by atoms with E-state index in [4.69, 9.17) is 14.8 Å². The fourth-order valence-corrected chi connectivity index (χ4v) is 4.03. The van der Waals surface area contributed by atoms with Crippen LogP contribution in [0, 0.1) is 0 Å². The third kappa shape index (κ3) is 7.29. The molecule has 0 saturated heterocycles. The molecule has 1 heterocycles. The number of aldehydes is 1. The van der Waals surface area contributed by atoms with Crippen LogP contribution in [0.5, 0.6) is 5.75 Å². The summed E-state index contributed by atoms with van der Waals surface area (Å²) in [5, 5.41) is 9.69. The Labute approximate surface area is 216 Å². The fourth-order valence-electron chi connectivity index (χ4n) is 3.66. The van der Waals surface area contributed by atoms with Gasteiger partial charge in [0.1, 0.15) is 5.75 Å². The number of rotatable bonds is 10. The third-order valence-electron chi connectivity index (χ3n) is 5.38. The lowest BCUT2D eigenvalue weighted by Crippen LogP contribution is -2.13. The van der Waals surface area contributed by atoms with Crippen LogP contribution in [0.3, 0.4) is 0 Å². The van der Waals surface area contributed by atoms with Crippen LogP contribution in [-0.2, 0) is 0 Å². The van der Waals surface area contributed by atoms with Crippen molar-refractivity contribution in [2.75, 3.05) is 31.2 Å². The number of unbranched alkanes of at least 4 members (excludes halogenated alkanes) is 1. The van der Waals surface area contributed by atoms with E-state index in [1.54, 1.807) is 7.05 Å². The molecule has 1 aromatic heterocycles. The smallest absolute Gasteiger partial charge is 0.150 e. The summed E-state index contributed by atoms with van der Waals surface area (Å²) in [5.74, 6) is 5.42. The molecule has 0 aliphatic heterocycles. The summed E-state index contributed by atoms with van der Waals surface area (Å²) in [6.07, 6.45) is 4.44. The van der Waals surface area contributed by atoms with E-state index < -0.39 is 0 Å². The molecule has 0 bridgehead atoms. The van der Waals surface area contributed by atoms with Crippen molar-refractivity contribution in [1.29, 1.82) is 0 Å². The van der Waals surface area contributed by atoms with Gasteiger partial charge in [0, 0.05) is 35.1 Å². The standard InChI is InChI=1S/C27H26N2O3S.CH6N2/c1-33-29-23-10-13-25-22(18-31)16-26(28-27(25)17-23)21-6-4-19(5-7-21)20-8-11-24(12-9-20)32-15-3-2-14-30;1-3-2/h4-13,16-18,29-30H,2-3,14-15H2,1H3;3H,2H2,1H3. The maximum atomic E-state index is 11.7. The molecule has 3 aromatic carbocycles. The van der Waals surface area contributed by atoms with E-state index >= 15 is 0 Å². The highest BCUT2D eigenvalue weighted by molar-refractivity contribution is 7.99. The van der Waals surface area contributed by atoms with Crippen LogP contribution in [0.2, 0.25) is 0 Å². The van der Waals surface area contributed by atoms with E-state index in [1.165, 1.54) is 11.9 Å². The number of hydrogen-bond donors (Lipinski definition) is 4. The van der Waals surface area contributed by atoms with E-state index in [0.29, 0.717) is 12.2 Å². The molecule has 0 amide bonds. The number of carbonyl (C=O) groups is 1. The van der Waals surface area contributed by atoms with E-state index in [0.717, 1.165) is 63.9 Å². The molecular formula is C28H32N4O3S. The molecular weight excluding hydrogens is 472 g/mol. The molecule has 0 spiro atoms. The molecule has 4 aromatic rings. The van der Waals surface area contributed by atoms with Crippen molar-refractivity contribution in [3.8, 4) is 28.1 Å². The number of aromatic nitrogens is 1. The predicted molar refractivity (Wildman–Crippen MR) is 150 cm³/mol. The Balaban J connectivity index is 0.00000115. The molecule has 7 nitrogen and oxygen atoms in total. The van der Waals surface area contributed by atoms with Crippen molar-refractivity contribution < 1.29 is 14.6 Å². The van der Waals surface area contributed by atoms with Gasteiger partial charge >= 0.3 is 0 Å². The molecule has 5 N–H and O–H groups in total. The van der Waals surface area contributed by atoms with Gasteiger partial charge in [-0.25, -0.2) is 4.98 Å². The minimum absolute atomic E-state index is 0.194. The van der Waals surface area contributed by atoms with Gasteiger partial charge in [0.15, 0.2) is 6.29 Å². The largest absolute Gasteiger partial charge is 0.494 e. The summed E-state index contributed by atoms with van der Waals surface area (Å²) in [4.78, 5) is 16.5. The van der Waals surface area contributed by atoms with E-state index in [1.807, 2.05) is 66.9 Å². The average molecular weight is 505 g/mol. The Bertz CT molecular complexity index is 1250. The van der Waals surface area contributed by atoms with Gasteiger partial charge in [0.05, 0.1) is 17.8 Å². The SMILES string of the molecule is CNN.CSNc1ccc2c(C=O)cc(-c3ccc(-c4ccc(OCCCCO)cc4)cc3)nc2c1. The number of anilines is 1. The van der Waals surface area contributed by atoms with Crippen LogP contribution < -0.4 is 20.7 Å². The van der Waals surface area contributed by atoms with Crippen molar-refractivity contribution >= 4 is 34.8 Å². The van der Waals surface area contributed by atoms with Crippen LogP contribution in [0.25, 0.3) is 33.3 Å². The number of benzene rings is 3. The van der Waals surface area contributed by atoms with Crippen molar-refractivity contribution in [3.63, 3.8) is 0 Å². The molecule has 0 atom stereocenters. The normalized spacial score (nSPS) is 10.4. The highest BCUT2D eigenvalue weighted by Crippen LogP contribution is 2.29. The molecule has 0 fully saturated rings. The second-order valence-corrected chi connectivity index (χ2v) is 8.53. The second-order valence-electron chi connectivity index (χ2n) is 7.92. The molecule has 0 unspecified atom stereocenters. The fraction of sp³-hybridized carbons (Fsp3) is 0.214. The van der Waals surface area contributed by atoms with Crippen LogP contribution in [-0.4, -0.2) is 42.9 Å². The minimum Gasteiger partial charge on any atom is -0.494 e.